The summed E-state index contributed by atoms with van der Waals surface area (Å²) in [7, 11) is 0. The second-order valence-electron chi connectivity index (χ2n) is 7.25. The van der Waals surface area contributed by atoms with Crippen molar-refractivity contribution in [1.29, 1.82) is 0 Å². The monoisotopic (exact) mass is 406 g/mol. The summed E-state index contributed by atoms with van der Waals surface area (Å²) in [5.74, 6) is 0.650. The van der Waals surface area contributed by atoms with E-state index in [1.807, 2.05) is 49.4 Å². The Hall–Kier alpha value is -3.03. The van der Waals surface area contributed by atoms with Gasteiger partial charge in [-0.25, -0.2) is 9.67 Å². The minimum absolute atomic E-state index is 0.176. The lowest BCUT2D eigenvalue weighted by Crippen LogP contribution is -2.28. The summed E-state index contributed by atoms with van der Waals surface area (Å²) in [6, 6.07) is 18.2. The number of nitrogens with one attached hydrogen (secondary N) is 1. The van der Waals surface area contributed by atoms with E-state index in [0.717, 1.165) is 23.5 Å². The molecule has 0 aliphatic carbocycles. The molecule has 1 saturated heterocycles. The van der Waals surface area contributed by atoms with Crippen LogP contribution in [0.1, 0.15) is 34.0 Å². The number of hydrogen-bond donors (Lipinski definition) is 1. The number of nitrogens with zero attached hydrogens (tertiary/aromatic N) is 3. The molecule has 2 heterocycles. The van der Waals surface area contributed by atoms with Crippen LogP contribution in [0.4, 0.5) is 0 Å². The van der Waals surface area contributed by atoms with Gasteiger partial charge in [0.05, 0.1) is 18.9 Å². The lowest BCUT2D eigenvalue weighted by atomic mass is 10.1. The summed E-state index contributed by atoms with van der Waals surface area (Å²) in [5.41, 5.74) is 3.23. The smallest absolute Gasteiger partial charge is 0.290 e. The summed E-state index contributed by atoms with van der Waals surface area (Å²) in [4.78, 5) is 17.2. The Bertz CT molecular complexity index is 981. The van der Waals surface area contributed by atoms with Crippen LogP contribution in [0.5, 0.6) is 0 Å². The Morgan fingerprint density at radius 1 is 1.07 bits per heavy atom. The molecule has 1 amide bonds. The van der Waals surface area contributed by atoms with Crippen LogP contribution in [0.3, 0.4) is 0 Å². The van der Waals surface area contributed by atoms with E-state index in [1.165, 1.54) is 5.56 Å². The Morgan fingerprint density at radius 3 is 2.57 bits per heavy atom. The van der Waals surface area contributed by atoms with Crippen molar-refractivity contribution in [2.24, 2.45) is 0 Å². The third-order valence-corrected chi connectivity index (χ3v) is 5.06. The van der Waals surface area contributed by atoms with Crippen LogP contribution in [0, 0.1) is 6.92 Å². The highest BCUT2D eigenvalue weighted by atomic mass is 16.7. The second-order valence-corrected chi connectivity index (χ2v) is 7.25. The number of benzene rings is 2. The standard InChI is InChI=1S/C23H26N4O3/c1-17-7-5-6-10-19(17)27-20(12-11-18-8-3-2-4-9-18)25-22(26-27)23(28)24-14-13-21-29-15-16-30-21/h2-10,21H,11-16H2,1H3,(H,24,28). The molecular formula is C23H26N4O3. The van der Waals surface area contributed by atoms with Gasteiger partial charge in [0.25, 0.3) is 5.91 Å². The summed E-state index contributed by atoms with van der Waals surface area (Å²) < 4.78 is 12.6. The summed E-state index contributed by atoms with van der Waals surface area (Å²) in [6.45, 7) is 3.68. The quantitative estimate of drug-likeness (QED) is 0.622. The summed E-state index contributed by atoms with van der Waals surface area (Å²) in [6.07, 6.45) is 1.86. The van der Waals surface area contributed by atoms with Gasteiger partial charge in [0.15, 0.2) is 6.29 Å². The lowest BCUT2D eigenvalue weighted by Gasteiger charge is -2.09. The molecule has 2 aromatic carbocycles. The van der Waals surface area contributed by atoms with Gasteiger partial charge in [-0.15, -0.1) is 5.10 Å². The van der Waals surface area contributed by atoms with E-state index in [2.05, 4.69) is 27.5 Å². The van der Waals surface area contributed by atoms with Crippen molar-refractivity contribution in [3.63, 3.8) is 0 Å². The molecule has 156 valence electrons. The molecule has 4 rings (SSSR count). The molecule has 1 fully saturated rings. The number of para-hydroxylation sites is 1. The predicted octanol–water partition coefficient (Wildman–Crippen LogP) is 2.85. The fraction of sp³-hybridized carbons (Fsp3) is 0.348. The topological polar surface area (TPSA) is 78.3 Å². The molecule has 1 N–H and O–H groups in total. The number of carbonyl (C=O) groups excluding carboxylic acids is 1. The zero-order chi connectivity index (χ0) is 20.8. The third-order valence-electron chi connectivity index (χ3n) is 5.06. The zero-order valence-electron chi connectivity index (χ0n) is 17.1. The van der Waals surface area contributed by atoms with Gasteiger partial charge < -0.3 is 14.8 Å². The van der Waals surface area contributed by atoms with E-state index < -0.39 is 0 Å². The molecule has 3 aromatic rings. The van der Waals surface area contributed by atoms with Gasteiger partial charge in [0.1, 0.15) is 5.82 Å². The summed E-state index contributed by atoms with van der Waals surface area (Å²) >= 11 is 0. The molecule has 0 saturated carbocycles. The van der Waals surface area contributed by atoms with Gasteiger partial charge in [-0.3, -0.25) is 4.79 Å². The van der Waals surface area contributed by atoms with Crippen molar-refractivity contribution in [3.8, 4) is 5.69 Å². The highest BCUT2D eigenvalue weighted by Crippen LogP contribution is 2.16. The number of ether oxygens (including phenoxy) is 2. The van der Waals surface area contributed by atoms with Crippen molar-refractivity contribution in [2.75, 3.05) is 19.8 Å². The SMILES string of the molecule is Cc1ccccc1-n1nc(C(=O)NCCC2OCCO2)nc1CCc1ccccc1. The molecule has 0 unspecified atom stereocenters. The normalized spacial score (nSPS) is 14.2. The average molecular weight is 406 g/mol. The first-order valence-electron chi connectivity index (χ1n) is 10.3. The lowest BCUT2D eigenvalue weighted by molar-refractivity contribution is -0.0455. The van der Waals surface area contributed by atoms with Crippen LogP contribution in [-0.4, -0.2) is 46.7 Å². The van der Waals surface area contributed by atoms with E-state index in [-0.39, 0.29) is 18.0 Å². The van der Waals surface area contributed by atoms with E-state index in [1.54, 1.807) is 4.68 Å². The van der Waals surface area contributed by atoms with Crippen LogP contribution < -0.4 is 5.32 Å². The van der Waals surface area contributed by atoms with Crippen LogP contribution >= 0.6 is 0 Å². The van der Waals surface area contributed by atoms with E-state index in [0.29, 0.717) is 32.6 Å². The van der Waals surface area contributed by atoms with E-state index >= 15 is 0 Å². The maximum Gasteiger partial charge on any atom is 0.290 e. The van der Waals surface area contributed by atoms with Gasteiger partial charge in [-0.2, -0.15) is 0 Å². The third kappa shape index (κ3) is 4.93. The second kappa shape index (κ2) is 9.65. The molecule has 0 radical (unpaired) electrons. The Labute approximate surface area is 176 Å². The molecule has 7 heteroatoms. The number of aromatic nitrogens is 3. The van der Waals surface area contributed by atoms with E-state index in [9.17, 15) is 4.79 Å². The minimum atomic E-state index is -0.290. The maximum absolute atomic E-state index is 12.6. The zero-order valence-corrected chi connectivity index (χ0v) is 17.1. The van der Waals surface area contributed by atoms with Crippen molar-refractivity contribution >= 4 is 5.91 Å². The molecule has 1 aliphatic rings. The first kappa shape index (κ1) is 20.3. The van der Waals surface area contributed by atoms with Gasteiger partial charge in [0.2, 0.25) is 5.82 Å². The Kier molecular flexibility index (Phi) is 6.51. The molecule has 1 aromatic heterocycles. The molecule has 30 heavy (non-hydrogen) atoms. The summed E-state index contributed by atoms with van der Waals surface area (Å²) in [5, 5.41) is 7.40. The average Bonchev–Trinajstić information content (AvgIpc) is 3.43. The molecule has 0 atom stereocenters. The van der Waals surface area contributed by atoms with Crippen molar-refractivity contribution in [3.05, 3.63) is 77.4 Å². The number of hydrogen-bond acceptors (Lipinski definition) is 5. The fourth-order valence-electron chi connectivity index (χ4n) is 3.45. The molecule has 0 bridgehead atoms. The van der Waals surface area contributed by atoms with Gasteiger partial charge in [-0.05, 0) is 30.5 Å². The number of carbonyl (C=O) groups is 1. The van der Waals surface area contributed by atoms with Crippen molar-refractivity contribution in [1.82, 2.24) is 20.1 Å². The van der Waals surface area contributed by atoms with Crippen LogP contribution in [0.25, 0.3) is 5.69 Å². The van der Waals surface area contributed by atoms with Gasteiger partial charge in [0, 0.05) is 19.4 Å². The Morgan fingerprint density at radius 2 is 1.80 bits per heavy atom. The first-order valence-corrected chi connectivity index (χ1v) is 10.3. The maximum atomic E-state index is 12.6. The number of rotatable bonds is 8. The van der Waals surface area contributed by atoms with Gasteiger partial charge in [-0.1, -0.05) is 48.5 Å². The first-order chi connectivity index (χ1) is 14.7. The highest BCUT2D eigenvalue weighted by molar-refractivity contribution is 5.90. The van der Waals surface area contributed by atoms with Crippen molar-refractivity contribution < 1.29 is 14.3 Å². The minimum Gasteiger partial charge on any atom is -0.350 e. The highest BCUT2D eigenvalue weighted by Gasteiger charge is 2.20. The van der Waals surface area contributed by atoms with E-state index in [4.69, 9.17) is 9.47 Å². The van der Waals surface area contributed by atoms with Crippen LogP contribution in [0.2, 0.25) is 0 Å². The molecular weight excluding hydrogens is 380 g/mol. The van der Waals surface area contributed by atoms with Gasteiger partial charge >= 0.3 is 0 Å². The Balaban J connectivity index is 1.50. The largest absolute Gasteiger partial charge is 0.350 e. The predicted molar refractivity (Wildman–Crippen MR) is 113 cm³/mol. The van der Waals surface area contributed by atoms with Crippen LogP contribution in [0.15, 0.2) is 54.6 Å². The number of aryl methyl sites for hydroxylation is 3. The van der Waals surface area contributed by atoms with Crippen LogP contribution in [-0.2, 0) is 22.3 Å². The number of amides is 1. The fourth-order valence-corrected chi connectivity index (χ4v) is 3.45. The molecule has 1 aliphatic heterocycles. The van der Waals surface area contributed by atoms with Crippen molar-refractivity contribution in [2.45, 2.75) is 32.5 Å². The molecule has 0 spiro atoms. The molecule has 7 nitrogen and oxygen atoms in total.